The molecule has 0 saturated heterocycles. The van der Waals surface area contributed by atoms with Gasteiger partial charge in [-0.1, -0.05) is 0 Å². The van der Waals surface area contributed by atoms with Crippen molar-refractivity contribution in [3.8, 4) is 0 Å². The van der Waals surface area contributed by atoms with Crippen LogP contribution in [-0.4, -0.2) is 19.4 Å². The lowest BCUT2D eigenvalue weighted by Crippen LogP contribution is -2.34. The van der Waals surface area contributed by atoms with Gasteiger partial charge in [0, 0.05) is 0 Å². The molecular weight excluding hydrogens is 142 g/mol. The Hall–Kier alpha value is -0.420. The largest absolute Gasteiger partial charge is 0.772 e. The van der Waals surface area contributed by atoms with Crippen molar-refractivity contribution in [1.29, 1.82) is 0 Å². The second-order valence-electron chi connectivity index (χ2n) is 2.09. The third kappa shape index (κ3) is 0.859. The first kappa shape index (κ1) is 6.70. The van der Waals surface area contributed by atoms with Crippen LogP contribution in [0, 0.1) is 0 Å². The van der Waals surface area contributed by atoms with Crippen LogP contribution >= 0.6 is 0 Å². The third-order valence-corrected chi connectivity index (χ3v) is 2.72. The molecule has 4 nitrogen and oxygen atoms in total. The summed E-state index contributed by atoms with van der Waals surface area (Å²) in [7, 11) is 0. The molecule has 1 atom stereocenters. The van der Waals surface area contributed by atoms with Gasteiger partial charge in [-0.15, -0.1) is 0 Å². The highest BCUT2D eigenvalue weighted by Crippen LogP contribution is 2.40. The summed E-state index contributed by atoms with van der Waals surface area (Å²) in [5, 5.41) is 0. The van der Waals surface area contributed by atoms with Crippen molar-refractivity contribution in [2.24, 2.45) is 5.73 Å². The molecule has 52 valence electrons. The molecule has 0 aromatic rings. The van der Waals surface area contributed by atoms with Gasteiger partial charge < -0.3 is 10.3 Å². The monoisotopic (exact) mass is 148 g/mol. The van der Waals surface area contributed by atoms with E-state index < -0.39 is 21.7 Å². The van der Waals surface area contributed by atoms with Crippen LogP contribution in [0.2, 0.25) is 0 Å². The van der Waals surface area contributed by atoms with Crippen LogP contribution < -0.4 is 5.73 Å². The number of hydrogen-bond acceptors (Lipinski definition) is 3. The van der Waals surface area contributed by atoms with E-state index in [1.54, 1.807) is 0 Å². The predicted octanol–water partition coefficient (Wildman–Crippen LogP) is -1.12. The van der Waals surface area contributed by atoms with Gasteiger partial charge in [-0.3, -0.25) is 9.00 Å². The molecular formula is C4H6NO3S-. The number of rotatable bonds is 2. The summed E-state index contributed by atoms with van der Waals surface area (Å²) < 4.78 is 19.3. The fraction of sp³-hybridized carbons (Fsp3) is 0.750. The second kappa shape index (κ2) is 1.78. The molecule has 0 bridgehead atoms. The molecule has 9 heavy (non-hydrogen) atoms. The minimum Gasteiger partial charge on any atom is -0.772 e. The third-order valence-electron chi connectivity index (χ3n) is 1.47. The van der Waals surface area contributed by atoms with E-state index in [4.69, 9.17) is 5.73 Å². The van der Waals surface area contributed by atoms with E-state index >= 15 is 0 Å². The molecule has 0 aromatic heterocycles. The Balaban J connectivity index is 2.75. The van der Waals surface area contributed by atoms with Crippen molar-refractivity contribution in [2.45, 2.75) is 17.6 Å². The Labute approximate surface area is 54.7 Å². The van der Waals surface area contributed by atoms with E-state index in [2.05, 4.69) is 0 Å². The minimum atomic E-state index is -2.32. The van der Waals surface area contributed by atoms with Crippen molar-refractivity contribution < 1.29 is 13.6 Å². The average Bonchev–Trinajstić information content (AvgIpc) is 2.40. The molecule has 0 aliphatic heterocycles. The van der Waals surface area contributed by atoms with Gasteiger partial charge in [0.05, 0.1) is 0 Å². The molecule has 0 heterocycles. The summed E-state index contributed by atoms with van der Waals surface area (Å²) in [6.07, 6.45) is 0.775. The standard InChI is InChI=1S/C4H7NO3S/c5-3(6)4(1-2-4)9(7)8/h1-2H2,(H2,5,6)(H,7,8)/p-1. The first-order valence-electron chi connectivity index (χ1n) is 2.49. The van der Waals surface area contributed by atoms with Crippen LogP contribution in [0.3, 0.4) is 0 Å². The molecule has 0 spiro atoms. The smallest absolute Gasteiger partial charge is 0.235 e. The van der Waals surface area contributed by atoms with Crippen LogP contribution in [-0.2, 0) is 15.9 Å². The van der Waals surface area contributed by atoms with Gasteiger partial charge in [0.15, 0.2) is 0 Å². The molecule has 1 saturated carbocycles. The van der Waals surface area contributed by atoms with Gasteiger partial charge in [-0.2, -0.15) is 0 Å². The fourth-order valence-electron chi connectivity index (χ4n) is 0.609. The Kier molecular flexibility index (Phi) is 1.32. The van der Waals surface area contributed by atoms with E-state index in [1.165, 1.54) is 0 Å². The Bertz CT molecular complexity index is 159. The number of hydrogen-bond donors (Lipinski definition) is 1. The van der Waals surface area contributed by atoms with Crippen LogP contribution in [0.25, 0.3) is 0 Å². The lowest BCUT2D eigenvalue weighted by atomic mass is 10.4. The van der Waals surface area contributed by atoms with Crippen LogP contribution in [0.5, 0.6) is 0 Å². The molecule has 0 aromatic carbocycles. The molecule has 1 aliphatic carbocycles. The first-order chi connectivity index (χ1) is 4.09. The van der Waals surface area contributed by atoms with Gasteiger partial charge in [0.2, 0.25) is 5.91 Å². The highest BCUT2D eigenvalue weighted by atomic mass is 32.2. The zero-order valence-electron chi connectivity index (χ0n) is 4.62. The molecule has 5 heteroatoms. The fourth-order valence-corrected chi connectivity index (χ4v) is 1.21. The summed E-state index contributed by atoms with van der Waals surface area (Å²) in [6, 6.07) is 0. The van der Waals surface area contributed by atoms with Crippen molar-refractivity contribution in [2.75, 3.05) is 0 Å². The molecule has 1 amide bonds. The molecule has 2 N–H and O–H groups in total. The normalized spacial score (nSPS) is 25.0. The molecule has 0 radical (unpaired) electrons. The number of carbonyl (C=O) groups excluding carboxylic acids is 1. The zero-order valence-corrected chi connectivity index (χ0v) is 5.44. The lowest BCUT2D eigenvalue weighted by molar-refractivity contribution is -0.118. The summed E-state index contributed by atoms with van der Waals surface area (Å²) >= 11 is -2.32. The maximum atomic E-state index is 10.4. The van der Waals surface area contributed by atoms with E-state index in [9.17, 15) is 13.6 Å². The second-order valence-corrected chi connectivity index (χ2v) is 3.34. The van der Waals surface area contributed by atoms with Gasteiger partial charge >= 0.3 is 0 Å². The van der Waals surface area contributed by atoms with Gasteiger partial charge in [0.1, 0.15) is 4.75 Å². The highest BCUT2D eigenvalue weighted by molar-refractivity contribution is 7.82. The maximum Gasteiger partial charge on any atom is 0.235 e. The summed E-state index contributed by atoms with van der Waals surface area (Å²) in [6.45, 7) is 0. The van der Waals surface area contributed by atoms with Gasteiger partial charge in [-0.25, -0.2) is 0 Å². The van der Waals surface area contributed by atoms with Crippen LogP contribution in [0.4, 0.5) is 0 Å². The van der Waals surface area contributed by atoms with Crippen molar-refractivity contribution in [3.63, 3.8) is 0 Å². The topological polar surface area (TPSA) is 83.2 Å². The number of nitrogens with two attached hydrogens (primary N) is 1. The molecule has 1 aliphatic rings. The Morgan fingerprint density at radius 2 is 2.11 bits per heavy atom. The van der Waals surface area contributed by atoms with E-state index in [-0.39, 0.29) is 0 Å². The number of amides is 1. The average molecular weight is 148 g/mol. The van der Waals surface area contributed by atoms with Crippen LogP contribution in [0.1, 0.15) is 12.8 Å². The van der Waals surface area contributed by atoms with E-state index in [0.717, 1.165) is 0 Å². The Morgan fingerprint density at radius 1 is 1.67 bits per heavy atom. The summed E-state index contributed by atoms with van der Waals surface area (Å²) in [5.41, 5.74) is 4.80. The highest BCUT2D eigenvalue weighted by Gasteiger charge is 2.50. The van der Waals surface area contributed by atoms with Crippen molar-refractivity contribution in [1.82, 2.24) is 0 Å². The Morgan fingerprint density at radius 3 is 2.11 bits per heavy atom. The quantitative estimate of drug-likeness (QED) is 0.503. The minimum absolute atomic E-state index is 0.387. The summed E-state index contributed by atoms with van der Waals surface area (Å²) in [5.74, 6) is -0.726. The lowest BCUT2D eigenvalue weighted by Gasteiger charge is -2.12. The molecule has 1 fully saturated rings. The van der Waals surface area contributed by atoms with Crippen molar-refractivity contribution >= 4 is 17.0 Å². The molecule has 1 unspecified atom stereocenters. The summed E-state index contributed by atoms with van der Waals surface area (Å²) in [4.78, 5) is 10.4. The van der Waals surface area contributed by atoms with E-state index in [1.807, 2.05) is 0 Å². The van der Waals surface area contributed by atoms with Gasteiger partial charge in [-0.05, 0) is 23.9 Å². The SMILES string of the molecule is NC(=O)C1(S(=O)[O-])CC1. The van der Waals surface area contributed by atoms with Crippen molar-refractivity contribution in [3.05, 3.63) is 0 Å². The number of carbonyl (C=O) groups is 1. The predicted molar refractivity (Wildman–Crippen MR) is 30.1 cm³/mol. The maximum absolute atomic E-state index is 10.4. The zero-order chi connectivity index (χ0) is 7.07. The molecule has 1 rings (SSSR count). The van der Waals surface area contributed by atoms with E-state index in [0.29, 0.717) is 12.8 Å². The number of primary amides is 1. The van der Waals surface area contributed by atoms with Crippen LogP contribution in [0.15, 0.2) is 0 Å². The van der Waals surface area contributed by atoms with Gasteiger partial charge in [0.25, 0.3) is 0 Å². The first-order valence-corrected chi connectivity index (χ1v) is 3.56.